The van der Waals surface area contributed by atoms with Gasteiger partial charge in [0.05, 0.1) is 0 Å². The van der Waals surface area contributed by atoms with Crippen molar-refractivity contribution in [3.8, 4) is 0 Å². The summed E-state index contributed by atoms with van der Waals surface area (Å²) in [5, 5.41) is 2.58. The molecule has 0 aliphatic rings. The molecule has 2 aromatic rings. The Morgan fingerprint density at radius 2 is 1.90 bits per heavy atom. The summed E-state index contributed by atoms with van der Waals surface area (Å²) in [5.74, 6) is -0.369. The van der Waals surface area contributed by atoms with Crippen LogP contribution in [-0.2, 0) is 0 Å². The SMILES string of the molecule is O=C(Nc1ccc(SC(F)(F)F)cc1)c1cc(Br)c[nH]1. The minimum atomic E-state index is -4.32. The van der Waals surface area contributed by atoms with E-state index in [1.807, 2.05) is 0 Å². The normalized spacial score (nSPS) is 11.4. The zero-order chi connectivity index (χ0) is 14.8. The number of nitrogens with one attached hydrogen (secondary N) is 2. The summed E-state index contributed by atoms with van der Waals surface area (Å²) >= 11 is 3.01. The molecular weight excluding hydrogens is 357 g/mol. The molecule has 0 atom stereocenters. The van der Waals surface area contributed by atoms with Crippen LogP contribution in [0.2, 0.25) is 0 Å². The van der Waals surface area contributed by atoms with E-state index >= 15 is 0 Å². The Labute approximate surface area is 125 Å². The molecule has 2 rings (SSSR count). The number of carbonyl (C=O) groups excluding carboxylic acids is 1. The first-order chi connectivity index (χ1) is 9.33. The monoisotopic (exact) mass is 364 g/mol. The quantitative estimate of drug-likeness (QED) is 0.779. The van der Waals surface area contributed by atoms with Crippen LogP contribution in [0, 0.1) is 0 Å². The molecule has 0 unspecified atom stereocenters. The van der Waals surface area contributed by atoms with Crippen molar-refractivity contribution in [2.45, 2.75) is 10.4 Å². The summed E-state index contributed by atoms with van der Waals surface area (Å²) in [5.41, 5.74) is -3.54. The number of alkyl halides is 3. The van der Waals surface area contributed by atoms with E-state index in [0.717, 1.165) is 4.47 Å². The van der Waals surface area contributed by atoms with E-state index in [4.69, 9.17) is 0 Å². The highest BCUT2D eigenvalue weighted by Gasteiger charge is 2.29. The maximum Gasteiger partial charge on any atom is 0.446 e. The lowest BCUT2D eigenvalue weighted by Crippen LogP contribution is -2.12. The van der Waals surface area contributed by atoms with Crippen molar-refractivity contribution >= 4 is 39.3 Å². The molecule has 1 aromatic heterocycles. The summed E-state index contributed by atoms with van der Waals surface area (Å²) in [7, 11) is 0. The van der Waals surface area contributed by atoms with Gasteiger partial charge in [0.1, 0.15) is 5.69 Å². The van der Waals surface area contributed by atoms with Crippen LogP contribution in [0.4, 0.5) is 18.9 Å². The molecule has 106 valence electrons. The second-order valence-corrected chi connectivity index (χ2v) is 5.81. The third kappa shape index (κ3) is 4.31. The van der Waals surface area contributed by atoms with Gasteiger partial charge < -0.3 is 10.3 Å². The first kappa shape index (κ1) is 15.0. The van der Waals surface area contributed by atoms with Crippen molar-refractivity contribution in [2.75, 3.05) is 5.32 Å². The Hall–Kier alpha value is -1.41. The van der Waals surface area contributed by atoms with E-state index in [9.17, 15) is 18.0 Å². The zero-order valence-corrected chi connectivity index (χ0v) is 12.2. The summed E-state index contributed by atoms with van der Waals surface area (Å²) in [6.07, 6.45) is 1.61. The minimum absolute atomic E-state index is 0.0677. The number of carbonyl (C=O) groups is 1. The third-order valence-electron chi connectivity index (χ3n) is 2.24. The average Bonchev–Trinajstić information content (AvgIpc) is 2.77. The van der Waals surface area contributed by atoms with Gasteiger partial charge in [-0.3, -0.25) is 4.79 Å². The Balaban J connectivity index is 2.02. The number of hydrogen-bond acceptors (Lipinski definition) is 2. The summed E-state index contributed by atoms with van der Waals surface area (Å²) in [6.45, 7) is 0. The number of amides is 1. The van der Waals surface area contributed by atoms with Crippen molar-refractivity contribution in [1.82, 2.24) is 4.98 Å². The molecule has 0 bridgehead atoms. The molecule has 0 aliphatic carbocycles. The standard InChI is InChI=1S/C12H8BrF3N2OS/c13-7-5-10(17-6-7)11(19)18-8-1-3-9(4-2-8)20-12(14,15)16/h1-6,17H,(H,18,19). The van der Waals surface area contributed by atoms with Gasteiger partial charge in [-0.05, 0) is 58.0 Å². The second-order valence-electron chi connectivity index (χ2n) is 3.76. The van der Waals surface area contributed by atoms with Crippen LogP contribution < -0.4 is 5.32 Å². The lowest BCUT2D eigenvalue weighted by molar-refractivity contribution is -0.0328. The van der Waals surface area contributed by atoms with E-state index in [0.29, 0.717) is 11.4 Å². The predicted molar refractivity (Wildman–Crippen MR) is 74.8 cm³/mol. The first-order valence-electron chi connectivity index (χ1n) is 5.34. The maximum atomic E-state index is 12.2. The van der Waals surface area contributed by atoms with E-state index in [1.54, 1.807) is 12.3 Å². The fourth-order valence-corrected chi connectivity index (χ4v) is 2.32. The third-order valence-corrected chi connectivity index (χ3v) is 3.44. The molecule has 20 heavy (non-hydrogen) atoms. The largest absolute Gasteiger partial charge is 0.446 e. The van der Waals surface area contributed by atoms with Crippen LogP contribution in [0.5, 0.6) is 0 Å². The highest BCUT2D eigenvalue weighted by molar-refractivity contribution is 9.10. The highest BCUT2D eigenvalue weighted by atomic mass is 79.9. The smallest absolute Gasteiger partial charge is 0.356 e. The fourth-order valence-electron chi connectivity index (χ4n) is 1.44. The van der Waals surface area contributed by atoms with Crippen LogP contribution in [0.25, 0.3) is 0 Å². The topological polar surface area (TPSA) is 44.9 Å². The second kappa shape index (κ2) is 5.92. The maximum absolute atomic E-state index is 12.2. The number of aromatic nitrogens is 1. The molecule has 0 saturated carbocycles. The van der Waals surface area contributed by atoms with Crippen LogP contribution >= 0.6 is 27.7 Å². The molecule has 1 amide bonds. The predicted octanol–water partition coefficient (Wildman–Crippen LogP) is 4.64. The molecular formula is C12H8BrF3N2OS. The number of rotatable bonds is 3. The Morgan fingerprint density at radius 1 is 1.25 bits per heavy atom. The lowest BCUT2D eigenvalue weighted by Gasteiger charge is -2.07. The summed E-state index contributed by atoms with van der Waals surface area (Å²) < 4.78 is 37.2. The molecule has 0 radical (unpaired) electrons. The number of H-pyrrole nitrogens is 1. The van der Waals surface area contributed by atoms with Crippen molar-refractivity contribution in [1.29, 1.82) is 0 Å². The fraction of sp³-hybridized carbons (Fsp3) is 0.0833. The average molecular weight is 365 g/mol. The number of thioether (sulfide) groups is 1. The molecule has 0 spiro atoms. The number of anilines is 1. The van der Waals surface area contributed by atoms with Crippen molar-refractivity contribution in [3.63, 3.8) is 0 Å². The first-order valence-corrected chi connectivity index (χ1v) is 6.95. The van der Waals surface area contributed by atoms with Crippen LogP contribution in [-0.4, -0.2) is 16.4 Å². The van der Waals surface area contributed by atoms with Gasteiger partial charge in [-0.2, -0.15) is 13.2 Å². The van der Waals surface area contributed by atoms with Crippen LogP contribution in [0.15, 0.2) is 45.9 Å². The van der Waals surface area contributed by atoms with Gasteiger partial charge in [0.15, 0.2) is 0 Å². The van der Waals surface area contributed by atoms with Gasteiger partial charge in [0.2, 0.25) is 0 Å². The molecule has 0 aliphatic heterocycles. The van der Waals surface area contributed by atoms with E-state index in [-0.39, 0.29) is 22.6 Å². The van der Waals surface area contributed by atoms with E-state index in [1.165, 1.54) is 24.3 Å². The Morgan fingerprint density at radius 3 is 2.40 bits per heavy atom. The van der Waals surface area contributed by atoms with Gasteiger partial charge in [-0.15, -0.1) is 0 Å². The van der Waals surface area contributed by atoms with Crippen molar-refractivity contribution < 1.29 is 18.0 Å². The Bertz CT molecular complexity index is 610. The molecule has 1 heterocycles. The molecule has 8 heteroatoms. The Kier molecular flexibility index (Phi) is 4.44. The zero-order valence-electron chi connectivity index (χ0n) is 9.79. The number of benzene rings is 1. The van der Waals surface area contributed by atoms with Gasteiger partial charge in [-0.1, -0.05) is 0 Å². The van der Waals surface area contributed by atoms with E-state index in [2.05, 4.69) is 26.2 Å². The lowest BCUT2D eigenvalue weighted by atomic mass is 10.3. The van der Waals surface area contributed by atoms with E-state index < -0.39 is 5.51 Å². The summed E-state index contributed by atoms with van der Waals surface area (Å²) in [4.78, 5) is 14.6. The number of aromatic amines is 1. The van der Waals surface area contributed by atoms with Gasteiger partial charge in [0.25, 0.3) is 5.91 Å². The number of halogens is 4. The van der Waals surface area contributed by atoms with Crippen molar-refractivity contribution in [3.05, 3.63) is 46.7 Å². The molecule has 1 aromatic carbocycles. The van der Waals surface area contributed by atoms with Gasteiger partial charge in [0, 0.05) is 21.3 Å². The number of hydrogen-bond donors (Lipinski definition) is 2. The van der Waals surface area contributed by atoms with Crippen LogP contribution in [0.3, 0.4) is 0 Å². The van der Waals surface area contributed by atoms with Crippen molar-refractivity contribution in [2.24, 2.45) is 0 Å². The molecule has 0 fully saturated rings. The van der Waals surface area contributed by atoms with Gasteiger partial charge >= 0.3 is 5.51 Å². The van der Waals surface area contributed by atoms with Gasteiger partial charge in [-0.25, -0.2) is 0 Å². The molecule has 2 N–H and O–H groups in total. The highest BCUT2D eigenvalue weighted by Crippen LogP contribution is 2.37. The van der Waals surface area contributed by atoms with Crippen LogP contribution in [0.1, 0.15) is 10.5 Å². The molecule has 0 saturated heterocycles. The molecule has 3 nitrogen and oxygen atoms in total. The summed E-state index contributed by atoms with van der Waals surface area (Å²) in [6, 6.07) is 7.05. The minimum Gasteiger partial charge on any atom is -0.356 e.